The number of hydrogen-bond donors (Lipinski definition) is 1. The average Bonchev–Trinajstić information content (AvgIpc) is 3.43. The molecule has 2 aromatic heterocycles. The van der Waals surface area contributed by atoms with Gasteiger partial charge in [-0.25, -0.2) is 4.98 Å². The molecule has 0 aliphatic heterocycles. The minimum Gasteiger partial charge on any atom is -0.483 e. The maximum absolute atomic E-state index is 12.3. The molecule has 158 valence electrons. The van der Waals surface area contributed by atoms with Gasteiger partial charge in [0.25, 0.3) is 11.8 Å². The third-order valence-corrected chi connectivity index (χ3v) is 5.42. The first-order chi connectivity index (χ1) is 15.0. The second-order valence-electron chi connectivity index (χ2n) is 7.30. The first-order valence-corrected chi connectivity index (χ1v) is 10.8. The fraction of sp³-hybridized carbons (Fsp3) is 0.217. The molecular weight excluding hydrogens is 412 g/mol. The summed E-state index contributed by atoms with van der Waals surface area (Å²) in [6.45, 7) is 5.95. The number of nitrogens with one attached hydrogen (secondary N) is 1. The van der Waals surface area contributed by atoms with E-state index in [9.17, 15) is 4.79 Å². The molecule has 0 unspecified atom stereocenters. The lowest BCUT2D eigenvalue weighted by Gasteiger charge is -2.08. The summed E-state index contributed by atoms with van der Waals surface area (Å²) in [6.07, 6.45) is 0. The number of para-hydroxylation sites is 1. The minimum absolute atomic E-state index is 0.160. The van der Waals surface area contributed by atoms with Crippen molar-refractivity contribution in [3.63, 3.8) is 0 Å². The number of nitrogens with zero attached hydrogens (tertiary/aromatic N) is 3. The van der Waals surface area contributed by atoms with Crippen molar-refractivity contribution < 1.29 is 14.1 Å². The number of aryl methyl sites for hydroxylation is 1. The normalized spacial score (nSPS) is 11.0. The van der Waals surface area contributed by atoms with Gasteiger partial charge in [0.15, 0.2) is 11.7 Å². The van der Waals surface area contributed by atoms with Gasteiger partial charge in [0.2, 0.25) is 5.82 Å². The molecule has 2 heterocycles. The van der Waals surface area contributed by atoms with Gasteiger partial charge in [-0.2, -0.15) is 4.98 Å². The number of hydrogen-bond acceptors (Lipinski definition) is 7. The molecule has 0 atom stereocenters. The van der Waals surface area contributed by atoms with Crippen LogP contribution in [-0.2, 0) is 4.79 Å². The van der Waals surface area contributed by atoms with Gasteiger partial charge in [-0.15, -0.1) is 11.3 Å². The van der Waals surface area contributed by atoms with E-state index in [1.807, 2.05) is 54.8 Å². The Morgan fingerprint density at radius 1 is 1.10 bits per heavy atom. The van der Waals surface area contributed by atoms with Crippen LogP contribution in [0.2, 0.25) is 0 Å². The monoisotopic (exact) mass is 434 g/mol. The van der Waals surface area contributed by atoms with Gasteiger partial charge < -0.3 is 9.26 Å². The Morgan fingerprint density at radius 2 is 1.84 bits per heavy atom. The summed E-state index contributed by atoms with van der Waals surface area (Å²) in [7, 11) is 0. The Kier molecular flexibility index (Phi) is 6.08. The van der Waals surface area contributed by atoms with Crippen LogP contribution in [0.3, 0.4) is 0 Å². The van der Waals surface area contributed by atoms with Gasteiger partial charge in [0.1, 0.15) is 5.75 Å². The topological polar surface area (TPSA) is 90.1 Å². The predicted octanol–water partition coefficient (Wildman–Crippen LogP) is 5.31. The number of amides is 1. The van der Waals surface area contributed by atoms with Crippen LogP contribution in [0, 0.1) is 6.92 Å². The van der Waals surface area contributed by atoms with Crippen LogP contribution in [0.25, 0.3) is 22.8 Å². The number of carbonyl (C=O) groups excluding carboxylic acids is 1. The van der Waals surface area contributed by atoms with Crippen molar-refractivity contribution in [1.29, 1.82) is 0 Å². The van der Waals surface area contributed by atoms with Crippen LogP contribution < -0.4 is 10.1 Å². The average molecular weight is 435 g/mol. The Morgan fingerprint density at radius 3 is 2.58 bits per heavy atom. The number of benzene rings is 2. The quantitative estimate of drug-likeness (QED) is 0.424. The number of thiazole rings is 1. The van der Waals surface area contributed by atoms with Crippen LogP contribution in [0.1, 0.15) is 31.0 Å². The summed E-state index contributed by atoms with van der Waals surface area (Å²) in [5.74, 6) is 1.34. The Labute approximate surface area is 184 Å². The number of carbonyl (C=O) groups is 1. The third-order valence-electron chi connectivity index (χ3n) is 4.65. The summed E-state index contributed by atoms with van der Waals surface area (Å²) in [6, 6.07) is 15.1. The second kappa shape index (κ2) is 9.09. The van der Waals surface area contributed by atoms with Crippen LogP contribution in [0.4, 0.5) is 5.13 Å². The molecule has 0 saturated carbocycles. The van der Waals surface area contributed by atoms with E-state index in [-0.39, 0.29) is 12.5 Å². The molecule has 2 aromatic carbocycles. The fourth-order valence-corrected chi connectivity index (χ4v) is 3.83. The Hall–Kier alpha value is -3.52. The highest BCUT2D eigenvalue weighted by Gasteiger charge is 2.17. The molecule has 0 radical (unpaired) electrons. The Bertz CT molecular complexity index is 1200. The van der Waals surface area contributed by atoms with Gasteiger partial charge in [0, 0.05) is 10.9 Å². The largest absolute Gasteiger partial charge is 0.483 e. The summed E-state index contributed by atoms with van der Waals surface area (Å²) >= 11 is 1.40. The van der Waals surface area contributed by atoms with Crippen LogP contribution >= 0.6 is 11.3 Å². The van der Waals surface area contributed by atoms with E-state index in [0.717, 1.165) is 16.8 Å². The van der Waals surface area contributed by atoms with Crippen molar-refractivity contribution in [2.75, 3.05) is 11.9 Å². The molecule has 0 aliphatic rings. The lowest BCUT2D eigenvalue weighted by molar-refractivity contribution is -0.118. The zero-order valence-electron chi connectivity index (χ0n) is 17.5. The molecule has 1 N–H and O–H groups in total. The highest BCUT2D eigenvalue weighted by Crippen LogP contribution is 2.31. The zero-order valence-corrected chi connectivity index (χ0v) is 18.3. The summed E-state index contributed by atoms with van der Waals surface area (Å²) in [4.78, 5) is 21.2. The van der Waals surface area contributed by atoms with Crippen molar-refractivity contribution in [1.82, 2.24) is 15.1 Å². The van der Waals surface area contributed by atoms with E-state index in [0.29, 0.717) is 34.1 Å². The zero-order chi connectivity index (χ0) is 21.8. The molecule has 0 fully saturated rings. The maximum Gasteiger partial charge on any atom is 0.264 e. The number of anilines is 1. The van der Waals surface area contributed by atoms with Gasteiger partial charge in [-0.05, 0) is 30.5 Å². The predicted molar refractivity (Wildman–Crippen MR) is 120 cm³/mol. The molecule has 1 amide bonds. The number of rotatable bonds is 7. The molecule has 31 heavy (non-hydrogen) atoms. The molecule has 8 heteroatoms. The lowest BCUT2D eigenvalue weighted by Crippen LogP contribution is -2.20. The molecule has 7 nitrogen and oxygen atoms in total. The molecule has 0 saturated heterocycles. The van der Waals surface area contributed by atoms with E-state index >= 15 is 0 Å². The van der Waals surface area contributed by atoms with Gasteiger partial charge in [0.05, 0.1) is 11.3 Å². The smallest absolute Gasteiger partial charge is 0.264 e. The highest BCUT2D eigenvalue weighted by atomic mass is 32.1. The molecular formula is C23H22N4O3S. The van der Waals surface area contributed by atoms with Gasteiger partial charge >= 0.3 is 0 Å². The summed E-state index contributed by atoms with van der Waals surface area (Å²) in [5.41, 5.74) is 3.53. The van der Waals surface area contributed by atoms with E-state index in [1.165, 1.54) is 11.3 Å². The summed E-state index contributed by atoms with van der Waals surface area (Å²) in [5, 5.41) is 9.38. The SMILES string of the molecule is Cc1ccccc1-c1noc(-c2ccccc2OCC(=O)Nc2nc(C(C)C)cs2)n1. The first-order valence-electron chi connectivity index (χ1n) is 9.88. The molecule has 4 rings (SSSR count). The van der Waals surface area contributed by atoms with E-state index in [1.54, 1.807) is 6.07 Å². The highest BCUT2D eigenvalue weighted by molar-refractivity contribution is 7.13. The van der Waals surface area contributed by atoms with Crippen molar-refractivity contribution in [3.8, 4) is 28.6 Å². The third kappa shape index (κ3) is 4.80. The van der Waals surface area contributed by atoms with Gasteiger partial charge in [-0.3, -0.25) is 10.1 Å². The van der Waals surface area contributed by atoms with Crippen molar-refractivity contribution in [2.45, 2.75) is 26.7 Å². The van der Waals surface area contributed by atoms with Crippen LogP contribution in [0.5, 0.6) is 5.75 Å². The van der Waals surface area contributed by atoms with Gasteiger partial charge in [-0.1, -0.05) is 55.4 Å². The lowest BCUT2D eigenvalue weighted by atomic mass is 10.1. The summed E-state index contributed by atoms with van der Waals surface area (Å²) < 4.78 is 11.2. The first kappa shape index (κ1) is 20.7. The van der Waals surface area contributed by atoms with Crippen LogP contribution in [-0.4, -0.2) is 27.6 Å². The second-order valence-corrected chi connectivity index (χ2v) is 8.16. The fourth-order valence-electron chi connectivity index (χ4n) is 2.94. The van der Waals surface area contributed by atoms with E-state index in [2.05, 4.69) is 34.3 Å². The van der Waals surface area contributed by atoms with Crippen molar-refractivity contribution in [3.05, 3.63) is 65.2 Å². The van der Waals surface area contributed by atoms with Crippen LogP contribution in [0.15, 0.2) is 58.4 Å². The van der Waals surface area contributed by atoms with E-state index in [4.69, 9.17) is 9.26 Å². The number of aromatic nitrogens is 3. The van der Waals surface area contributed by atoms with E-state index < -0.39 is 0 Å². The van der Waals surface area contributed by atoms with Crippen molar-refractivity contribution >= 4 is 22.4 Å². The Balaban J connectivity index is 1.46. The number of ether oxygens (including phenoxy) is 1. The molecule has 0 spiro atoms. The molecule has 0 aliphatic carbocycles. The molecule has 0 bridgehead atoms. The molecule has 4 aromatic rings. The maximum atomic E-state index is 12.3. The minimum atomic E-state index is -0.286. The standard InChI is InChI=1S/C23H22N4O3S/c1-14(2)18-13-31-23(24-18)25-20(28)12-29-19-11-7-6-10-17(19)22-26-21(27-30-22)16-9-5-4-8-15(16)3/h4-11,13-14H,12H2,1-3H3,(H,24,25,28). The van der Waals surface area contributed by atoms with Crippen molar-refractivity contribution in [2.24, 2.45) is 0 Å².